The largest absolute Gasteiger partial charge is 0.341 e. The fraction of sp³-hybridized carbons (Fsp3) is 0.0714. The van der Waals surface area contributed by atoms with Gasteiger partial charge in [-0.15, -0.1) is 0 Å². The molecule has 0 unspecified atom stereocenters. The molecule has 5 rings (SSSR count). The number of fused-ring (bicyclic) bond motifs is 3. The van der Waals surface area contributed by atoms with Gasteiger partial charge in [0.25, 0.3) is 0 Å². The third kappa shape index (κ3) is 3.91. The van der Waals surface area contributed by atoms with Gasteiger partial charge in [-0.25, -0.2) is 0 Å². The highest BCUT2D eigenvalue weighted by molar-refractivity contribution is 14.1. The molecule has 0 aliphatic rings. The van der Waals surface area contributed by atoms with Crippen molar-refractivity contribution in [1.82, 2.24) is 4.57 Å². The van der Waals surface area contributed by atoms with Crippen LogP contribution in [0.3, 0.4) is 0 Å². The average Bonchev–Trinajstić information content (AvgIpc) is 3.16. The predicted octanol–water partition coefficient (Wildman–Crippen LogP) is 7.49. The van der Waals surface area contributed by atoms with Crippen molar-refractivity contribution in [2.75, 3.05) is 0 Å². The smallest absolute Gasteiger partial charge is 0.194 e. The first-order valence-corrected chi connectivity index (χ1v) is 12.8. The van der Waals surface area contributed by atoms with Gasteiger partial charge >= 0.3 is 0 Å². The zero-order chi connectivity index (χ0) is 23.1. The molecule has 33 heavy (non-hydrogen) atoms. The number of rotatable bonds is 5. The molecule has 1 heterocycles. The van der Waals surface area contributed by atoms with E-state index in [1.165, 1.54) is 0 Å². The van der Waals surface area contributed by atoms with Crippen LogP contribution in [0.5, 0.6) is 0 Å². The van der Waals surface area contributed by atoms with Gasteiger partial charge in [0.2, 0.25) is 0 Å². The minimum Gasteiger partial charge on any atom is -0.341 e. The van der Waals surface area contributed by atoms with Gasteiger partial charge in [0.05, 0.1) is 0 Å². The Hall–Kier alpha value is -2.52. The Labute approximate surface area is 219 Å². The molecule has 5 heteroatoms. The van der Waals surface area contributed by atoms with E-state index in [0.29, 0.717) is 22.3 Å². The second kappa shape index (κ2) is 9.02. The number of benzene rings is 4. The average molecular weight is 655 g/mol. The number of aryl methyl sites for hydroxylation is 1. The van der Waals surface area contributed by atoms with Crippen LogP contribution in [0.15, 0.2) is 84.9 Å². The summed E-state index contributed by atoms with van der Waals surface area (Å²) >= 11 is 4.40. The first kappa shape index (κ1) is 22.3. The topological polar surface area (TPSA) is 39.1 Å². The lowest BCUT2D eigenvalue weighted by atomic mass is 9.99. The number of nitrogens with zero attached hydrogens (tertiary/aromatic N) is 1. The maximum Gasteiger partial charge on any atom is 0.194 e. The van der Waals surface area contributed by atoms with E-state index in [1.807, 2.05) is 84.9 Å². The summed E-state index contributed by atoms with van der Waals surface area (Å²) in [5.41, 5.74) is 4.82. The molecule has 0 saturated heterocycles. The maximum atomic E-state index is 13.3. The zero-order valence-corrected chi connectivity index (χ0v) is 22.1. The summed E-state index contributed by atoms with van der Waals surface area (Å²) in [6.45, 7) is 2.91. The molecule has 0 fully saturated rings. The quantitative estimate of drug-likeness (QED) is 0.146. The minimum atomic E-state index is 0.00497. The Morgan fingerprint density at radius 1 is 0.667 bits per heavy atom. The van der Waals surface area contributed by atoms with E-state index < -0.39 is 0 Å². The van der Waals surface area contributed by atoms with Crippen molar-refractivity contribution >= 4 is 78.6 Å². The summed E-state index contributed by atoms with van der Waals surface area (Å²) in [6.07, 6.45) is 0. The molecule has 0 bridgehead atoms. The number of aromatic nitrogens is 1. The van der Waals surface area contributed by atoms with E-state index in [4.69, 9.17) is 0 Å². The van der Waals surface area contributed by atoms with Crippen LogP contribution in [0.2, 0.25) is 0 Å². The summed E-state index contributed by atoms with van der Waals surface area (Å²) < 4.78 is 4.09. The normalized spacial score (nSPS) is 11.2. The molecule has 5 aromatic rings. The summed E-state index contributed by atoms with van der Waals surface area (Å²) in [5.74, 6) is 0.00994. The van der Waals surface area contributed by atoms with Crippen molar-refractivity contribution < 1.29 is 9.59 Å². The van der Waals surface area contributed by atoms with Crippen molar-refractivity contribution in [1.29, 1.82) is 0 Å². The summed E-state index contributed by atoms with van der Waals surface area (Å²) in [4.78, 5) is 26.5. The Kier molecular flexibility index (Phi) is 6.09. The SMILES string of the molecule is CCn1c2ccc(C(=O)c3ccccc3I)cc2c2cc(C(=O)c3ccccc3I)ccc21. The zero-order valence-electron chi connectivity index (χ0n) is 17.8. The summed E-state index contributed by atoms with van der Waals surface area (Å²) in [7, 11) is 0. The van der Waals surface area contributed by atoms with Gasteiger partial charge in [0.1, 0.15) is 0 Å². The van der Waals surface area contributed by atoms with E-state index in [2.05, 4.69) is 56.7 Å². The van der Waals surface area contributed by atoms with Crippen LogP contribution in [-0.2, 0) is 6.54 Å². The van der Waals surface area contributed by atoms with Crippen molar-refractivity contribution in [2.45, 2.75) is 13.5 Å². The van der Waals surface area contributed by atoms with E-state index >= 15 is 0 Å². The number of carbonyl (C=O) groups is 2. The molecule has 3 nitrogen and oxygen atoms in total. The van der Waals surface area contributed by atoms with Crippen LogP contribution >= 0.6 is 45.2 Å². The Morgan fingerprint density at radius 2 is 1.09 bits per heavy atom. The van der Waals surface area contributed by atoms with Gasteiger partial charge in [-0.2, -0.15) is 0 Å². The van der Waals surface area contributed by atoms with Crippen LogP contribution in [0.25, 0.3) is 21.8 Å². The Bertz CT molecular complexity index is 1450. The molecule has 0 spiro atoms. The molecule has 0 saturated carbocycles. The maximum absolute atomic E-state index is 13.3. The van der Waals surface area contributed by atoms with Crippen LogP contribution < -0.4 is 0 Å². The van der Waals surface area contributed by atoms with E-state index in [-0.39, 0.29) is 11.6 Å². The van der Waals surface area contributed by atoms with E-state index in [1.54, 1.807) is 0 Å². The highest BCUT2D eigenvalue weighted by Crippen LogP contribution is 2.32. The molecule has 0 aliphatic heterocycles. The molecule has 0 aliphatic carbocycles. The van der Waals surface area contributed by atoms with E-state index in [0.717, 1.165) is 35.5 Å². The molecular weight excluding hydrogens is 636 g/mol. The fourth-order valence-corrected chi connectivity index (χ4v) is 5.59. The van der Waals surface area contributed by atoms with Gasteiger partial charge in [0, 0.05) is 57.7 Å². The minimum absolute atomic E-state index is 0.00497. The first-order valence-electron chi connectivity index (χ1n) is 10.6. The van der Waals surface area contributed by atoms with Crippen molar-refractivity contribution in [3.63, 3.8) is 0 Å². The van der Waals surface area contributed by atoms with Crippen molar-refractivity contribution in [3.05, 3.63) is 114 Å². The number of hydrogen-bond acceptors (Lipinski definition) is 2. The second-order valence-electron chi connectivity index (χ2n) is 7.83. The highest BCUT2D eigenvalue weighted by atomic mass is 127. The Morgan fingerprint density at radius 3 is 1.48 bits per heavy atom. The number of ketones is 2. The molecular formula is C28H19I2NO2. The number of hydrogen-bond donors (Lipinski definition) is 0. The lowest BCUT2D eigenvalue weighted by molar-refractivity contribution is 0.103. The van der Waals surface area contributed by atoms with Gasteiger partial charge < -0.3 is 4.57 Å². The molecule has 0 amide bonds. The molecule has 1 aromatic heterocycles. The van der Waals surface area contributed by atoms with Crippen molar-refractivity contribution in [3.8, 4) is 0 Å². The monoisotopic (exact) mass is 655 g/mol. The van der Waals surface area contributed by atoms with Gasteiger partial charge in [-0.05, 0) is 113 Å². The summed E-state index contributed by atoms with van der Waals surface area (Å²) in [5, 5.41) is 1.97. The van der Waals surface area contributed by atoms with Crippen LogP contribution in [0.4, 0.5) is 0 Å². The van der Waals surface area contributed by atoms with Crippen LogP contribution in [0, 0.1) is 7.14 Å². The number of carbonyl (C=O) groups excluding carboxylic acids is 2. The van der Waals surface area contributed by atoms with Gasteiger partial charge in [-0.1, -0.05) is 24.3 Å². The molecule has 0 atom stereocenters. The predicted molar refractivity (Wildman–Crippen MR) is 150 cm³/mol. The van der Waals surface area contributed by atoms with Gasteiger partial charge in [-0.3, -0.25) is 9.59 Å². The Balaban J connectivity index is 1.69. The van der Waals surface area contributed by atoms with E-state index in [9.17, 15) is 9.59 Å². The highest BCUT2D eigenvalue weighted by Gasteiger charge is 2.18. The first-order chi connectivity index (χ1) is 16.0. The molecule has 0 N–H and O–H groups in total. The lowest BCUT2D eigenvalue weighted by Crippen LogP contribution is -2.03. The second-order valence-corrected chi connectivity index (χ2v) is 10.2. The molecule has 4 aromatic carbocycles. The van der Waals surface area contributed by atoms with Crippen LogP contribution in [0.1, 0.15) is 38.8 Å². The lowest BCUT2D eigenvalue weighted by Gasteiger charge is -2.06. The molecule has 0 radical (unpaired) electrons. The number of halogens is 2. The molecule has 162 valence electrons. The van der Waals surface area contributed by atoms with Crippen molar-refractivity contribution in [2.24, 2.45) is 0 Å². The summed E-state index contributed by atoms with van der Waals surface area (Å²) in [6, 6.07) is 27.0. The van der Waals surface area contributed by atoms with Crippen LogP contribution in [-0.4, -0.2) is 16.1 Å². The third-order valence-electron chi connectivity index (χ3n) is 5.94. The fourth-order valence-electron chi connectivity index (χ4n) is 4.33. The van der Waals surface area contributed by atoms with Gasteiger partial charge in [0.15, 0.2) is 11.6 Å². The third-order valence-corrected chi connectivity index (χ3v) is 7.82. The standard InChI is InChI=1S/C28H19I2NO2/c1-2-31-25-13-11-17(27(32)19-7-3-5-9-23(19)29)15-21(25)22-16-18(12-14-26(22)31)28(33)20-8-4-6-10-24(20)30/h3-16H,2H2,1H3.